The highest BCUT2D eigenvalue weighted by Gasteiger charge is 2.08. The third kappa shape index (κ3) is 3.81. The molecule has 0 radical (unpaired) electrons. The molecule has 100 valence electrons. The monoisotopic (exact) mass is 323 g/mol. The van der Waals surface area contributed by atoms with Crippen LogP contribution in [0.5, 0.6) is 0 Å². The van der Waals surface area contributed by atoms with Crippen LogP contribution in [0.1, 0.15) is 30.0 Å². The Balaban J connectivity index is 2.01. The molecule has 0 aliphatic heterocycles. The number of aromatic nitrogens is 2. The van der Waals surface area contributed by atoms with E-state index in [0.717, 1.165) is 17.1 Å². The van der Waals surface area contributed by atoms with Crippen molar-refractivity contribution in [3.63, 3.8) is 0 Å². The first-order valence-corrected chi connectivity index (χ1v) is 6.82. The molecule has 0 aliphatic carbocycles. The molecule has 19 heavy (non-hydrogen) atoms. The van der Waals surface area contributed by atoms with Gasteiger partial charge in [-0.2, -0.15) is 0 Å². The summed E-state index contributed by atoms with van der Waals surface area (Å²) in [5.41, 5.74) is 1.97. The van der Waals surface area contributed by atoms with Gasteiger partial charge in [0.2, 0.25) is 0 Å². The Morgan fingerprint density at radius 3 is 2.84 bits per heavy atom. The molecular formula is C14H15BrFN3. The third-order valence-electron chi connectivity index (χ3n) is 2.87. The molecule has 0 bridgehead atoms. The van der Waals surface area contributed by atoms with Crippen molar-refractivity contribution in [2.75, 3.05) is 0 Å². The lowest BCUT2D eigenvalue weighted by Crippen LogP contribution is -2.19. The van der Waals surface area contributed by atoms with Crippen molar-refractivity contribution in [3.8, 4) is 0 Å². The third-order valence-corrected chi connectivity index (χ3v) is 3.47. The second kappa shape index (κ2) is 6.21. The minimum absolute atomic E-state index is 0.118. The molecule has 0 amide bonds. The van der Waals surface area contributed by atoms with Crippen LogP contribution in [-0.2, 0) is 6.54 Å². The van der Waals surface area contributed by atoms with Crippen LogP contribution in [0.15, 0.2) is 34.9 Å². The zero-order valence-corrected chi connectivity index (χ0v) is 12.4. The quantitative estimate of drug-likeness (QED) is 0.935. The van der Waals surface area contributed by atoms with Crippen LogP contribution in [0.3, 0.4) is 0 Å². The summed E-state index contributed by atoms with van der Waals surface area (Å²) < 4.78 is 13.7. The Labute approximate surface area is 120 Å². The largest absolute Gasteiger partial charge is 0.305 e. The Kier molecular flexibility index (Phi) is 4.61. The van der Waals surface area contributed by atoms with E-state index in [0.29, 0.717) is 11.0 Å². The van der Waals surface area contributed by atoms with E-state index in [1.807, 2.05) is 19.9 Å². The molecular weight excluding hydrogens is 309 g/mol. The van der Waals surface area contributed by atoms with Crippen molar-refractivity contribution < 1.29 is 4.39 Å². The van der Waals surface area contributed by atoms with Crippen molar-refractivity contribution in [1.82, 2.24) is 15.3 Å². The summed E-state index contributed by atoms with van der Waals surface area (Å²) in [5, 5.41) is 3.36. The zero-order valence-electron chi connectivity index (χ0n) is 10.8. The summed E-state index contributed by atoms with van der Waals surface area (Å²) >= 11 is 3.20. The molecule has 1 heterocycles. The lowest BCUT2D eigenvalue weighted by atomic mass is 10.1. The normalized spacial score (nSPS) is 12.4. The molecule has 3 nitrogen and oxygen atoms in total. The average molecular weight is 324 g/mol. The maximum absolute atomic E-state index is 13.2. The Morgan fingerprint density at radius 1 is 1.37 bits per heavy atom. The van der Waals surface area contributed by atoms with Gasteiger partial charge in [0.05, 0.1) is 10.2 Å². The van der Waals surface area contributed by atoms with Crippen LogP contribution in [0.25, 0.3) is 0 Å². The lowest BCUT2D eigenvalue weighted by molar-refractivity contribution is 0.562. The standard InChI is InChI=1S/C14H15BrFN3/c1-9(11-3-4-14(16)13(15)7-11)18-8-12-5-6-17-10(2)19-12/h3-7,9,18H,8H2,1-2H3. The smallest absolute Gasteiger partial charge is 0.137 e. The molecule has 1 N–H and O–H groups in total. The van der Waals surface area contributed by atoms with Gasteiger partial charge in [0, 0.05) is 18.8 Å². The van der Waals surface area contributed by atoms with Crippen molar-refractivity contribution >= 4 is 15.9 Å². The van der Waals surface area contributed by atoms with Gasteiger partial charge in [0.25, 0.3) is 0 Å². The number of halogens is 2. The van der Waals surface area contributed by atoms with Crippen LogP contribution in [0.2, 0.25) is 0 Å². The maximum atomic E-state index is 13.2. The van der Waals surface area contributed by atoms with E-state index in [1.165, 1.54) is 6.07 Å². The predicted molar refractivity (Wildman–Crippen MR) is 76.1 cm³/mol. The highest BCUT2D eigenvalue weighted by atomic mass is 79.9. The number of hydrogen-bond donors (Lipinski definition) is 1. The predicted octanol–water partition coefficient (Wildman–Crippen LogP) is 3.54. The van der Waals surface area contributed by atoms with Gasteiger partial charge in [-0.15, -0.1) is 0 Å². The molecule has 2 rings (SSSR count). The molecule has 2 aromatic rings. The van der Waals surface area contributed by atoms with Crippen molar-refractivity contribution in [1.29, 1.82) is 0 Å². The minimum Gasteiger partial charge on any atom is -0.305 e. The van der Waals surface area contributed by atoms with Crippen LogP contribution < -0.4 is 5.32 Å². The molecule has 1 aromatic heterocycles. The number of hydrogen-bond acceptors (Lipinski definition) is 3. The lowest BCUT2D eigenvalue weighted by Gasteiger charge is -2.14. The number of aryl methyl sites for hydroxylation is 1. The summed E-state index contributed by atoms with van der Waals surface area (Å²) in [5.74, 6) is 0.513. The molecule has 0 aliphatic rings. The van der Waals surface area contributed by atoms with E-state index in [4.69, 9.17) is 0 Å². The Bertz CT molecular complexity index is 574. The van der Waals surface area contributed by atoms with Gasteiger partial charge in [-0.1, -0.05) is 6.07 Å². The first-order valence-electron chi connectivity index (χ1n) is 6.03. The van der Waals surface area contributed by atoms with Crippen molar-refractivity contribution in [2.45, 2.75) is 26.4 Å². The first-order chi connectivity index (χ1) is 9.06. The summed E-state index contributed by atoms with van der Waals surface area (Å²) in [6, 6.07) is 7.04. The topological polar surface area (TPSA) is 37.8 Å². The SMILES string of the molecule is Cc1nccc(CNC(C)c2ccc(F)c(Br)c2)n1. The van der Waals surface area contributed by atoms with Gasteiger partial charge in [0.15, 0.2) is 0 Å². The molecule has 1 unspecified atom stereocenters. The maximum Gasteiger partial charge on any atom is 0.137 e. The van der Waals surface area contributed by atoms with Crippen LogP contribution in [0.4, 0.5) is 4.39 Å². The molecule has 0 fully saturated rings. The Morgan fingerprint density at radius 2 is 2.16 bits per heavy atom. The Hall–Kier alpha value is -1.33. The summed E-state index contributed by atoms with van der Waals surface area (Å²) in [4.78, 5) is 8.39. The van der Waals surface area contributed by atoms with E-state index in [9.17, 15) is 4.39 Å². The molecule has 0 saturated carbocycles. The molecule has 5 heteroatoms. The van der Waals surface area contributed by atoms with Crippen LogP contribution in [0, 0.1) is 12.7 Å². The molecule has 0 saturated heterocycles. The fourth-order valence-corrected chi connectivity index (χ4v) is 2.16. The van der Waals surface area contributed by atoms with Crippen LogP contribution >= 0.6 is 15.9 Å². The highest BCUT2D eigenvalue weighted by Crippen LogP contribution is 2.21. The summed E-state index contributed by atoms with van der Waals surface area (Å²) in [6.07, 6.45) is 1.75. The van der Waals surface area contributed by atoms with Crippen molar-refractivity contribution in [3.05, 3.63) is 57.8 Å². The van der Waals surface area contributed by atoms with Gasteiger partial charge < -0.3 is 5.32 Å². The summed E-state index contributed by atoms with van der Waals surface area (Å²) in [7, 11) is 0. The van der Waals surface area contributed by atoms with E-state index in [1.54, 1.807) is 18.3 Å². The molecule has 1 atom stereocenters. The van der Waals surface area contributed by atoms with Gasteiger partial charge in [-0.05, 0) is 53.5 Å². The molecule has 1 aromatic carbocycles. The van der Waals surface area contributed by atoms with Crippen molar-refractivity contribution in [2.24, 2.45) is 0 Å². The zero-order chi connectivity index (χ0) is 13.8. The minimum atomic E-state index is -0.248. The van der Waals surface area contributed by atoms with Gasteiger partial charge in [0.1, 0.15) is 11.6 Å². The highest BCUT2D eigenvalue weighted by molar-refractivity contribution is 9.10. The van der Waals surface area contributed by atoms with Gasteiger partial charge in [-0.25, -0.2) is 14.4 Å². The van der Waals surface area contributed by atoms with Gasteiger partial charge >= 0.3 is 0 Å². The average Bonchev–Trinajstić information content (AvgIpc) is 2.39. The first kappa shape index (κ1) is 14.1. The fourth-order valence-electron chi connectivity index (χ4n) is 1.76. The van der Waals surface area contributed by atoms with E-state index >= 15 is 0 Å². The number of nitrogens with zero attached hydrogens (tertiary/aromatic N) is 2. The second-order valence-corrected chi connectivity index (χ2v) is 5.23. The second-order valence-electron chi connectivity index (χ2n) is 4.37. The van der Waals surface area contributed by atoms with E-state index in [2.05, 4.69) is 31.2 Å². The number of rotatable bonds is 4. The molecule has 0 spiro atoms. The van der Waals surface area contributed by atoms with Crippen LogP contribution in [-0.4, -0.2) is 9.97 Å². The van der Waals surface area contributed by atoms with Gasteiger partial charge in [-0.3, -0.25) is 0 Å². The van der Waals surface area contributed by atoms with E-state index in [-0.39, 0.29) is 11.9 Å². The fraction of sp³-hybridized carbons (Fsp3) is 0.286. The van der Waals surface area contributed by atoms with E-state index < -0.39 is 0 Å². The summed E-state index contributed by atoms with van der Waals surface area (Å²) in [6.45, 7) is 4.55. The number of nitrogens with one attached hydrogen (secondary N) is 1. The number of benzene rings is 1.